The van der Waals surface area contributed by atoms with E-state index in [-0.39, 0.29) is 10.7 Å². The molecule has 2 saturated carbocycles. The molecule has 162 valence electrons. The fourth-order valence-electron chi connectivity index (χ4n) is 6.34. The highest BCUT2D eigenvalue weighted by molar-refractivity contribution is 7.92. The Hall–Kier alpha value is -2.85. The van der Waals surface area contributed by atoms with Crippen molar-refractivity contribution in [1.29, 1.82) is 0 Å². The fraction of sp³-hybridized carbons (Fsp3) is 0.286. The maximum atomic E-state index is 13.5. The summed E-state index contributed by atoms with van der Waals surface area (Å²) in [6, 6.07) is 26.4. The lowest BCUT2D eigenvalue weighted by molar-refractivity contribution is 0.463. The molecule has 1 N–H and O–H groups in total. The molecule has 2 fully saturated rings. The summed E-state index contributed by atoms with van der Waals surface area (Å²) in [6.07, 6.45) is 4.52. The van der Waals surface area contributed by atoms with Gasteiger partial charge in [0.1, 0.15) is 0 Å². The summed E-state index contributed by atoms with van der Waals surface area (Å²) in [4.78, 5) is 3.87. The highest BCUT2D eigenvalue weighted by Crippen LogP contribution is 2.75. The van der Waals surface area contributed by atoms with Gasteiger partial charge in [-0.25, -0.2) is 8.42 Å². The van der Waals surface area contributed by atoms with Gasteiger partial charge >= 0.3 is 0 Å². The number of H-pyrrole nitrogens is 1. The van der Waals surface area contributed by atoms with Gasteiger partial charge in [0.2, 0.25) is 0 Å². The Labute approximate surface area is 189 Å². The summed E-state index contributed by atoms with van der Waals surface area (Å²) in [5.74, 6) is 0.839. The summed E-state index contributed by atoms with van der Waals surface area (Å²) in [7, 11) is -3.33. The van der Waals surface area contributed by atoms with Crippen LogP contribution in [0.15, 0.2) is 90.0 Å². The van der Waals surface area contributed by atoms with Crippen molar-refractivity contribution >= 4 is 20.7 Å². The lowest BCUT2D eigenvalue weighted by Gasteiger charge is -2.21. The first-order valence-electron chi connectivity index (χ1n) is 11.4. The van der Waals surface area contributed by atoms with Crippen LogP contribution in [0.2, 0.25) is 0 Å². The summed E-state index contributed by atoms with van der Waals surface area (Å²) in [5, 5.41) is 0.949. The molecule has 0 aliphatic heterocycles. The highest BCUT2D eigenvalue weighted by Gasteiger charge is 2.70. The van der Waals surface area contributed by atoms with Crippen LogP contribution in [0.3, 0.4) is 0 Å². The van der Waals surface area contributed by atoms with Crippen LogP contribution < -0.4 is 0 Å². The third kappa shape index (κ3) is 2.96. The number of aromatic nitrogens is 1. The number of benzene rings is 3. The molecule has 3 aromatic carbocycles. The summed E-state index contributed by atoms with van der Waals surface area (Å²) < 4.78 is 27.0. The van der Waals surface area contributed by atoms with Gasteiger partial charge < -0.3 is 4.98 Å². The molecule has 2 aliphatic rings. The molecule has 4 atom stereocenters. The van der Waals surface area contributed by atoms with Crippen molar-refractivity contribution < 1.29 is 8.42 Å². The van der Waals surface area contributed by atoms with E-state index >= 15 is 0 Å². The average molecular weight is 442 g/mol. The van der Waals surface area contributed by atoms with Crippen molar-refractivity contribution in [3.63, 3.8) is 0 Å². The summed E-state index contributed by atoms with van der Waals surface area (Å²) in [6.45, 7) is 1.99. The molecule has 0 saturated heterocycles. The first kappa shape index (κ1) is 19.8. The lowest BCUT2D eigenvalue weighted by atomic mass is 9.88. The number of rotatable bonds is 5. The van der Waals surface area contributed by atoms with Crippen LogP contribution in [-0.2, 0) is 16.3 Å². The molecular weight excluding hydrogens is 414 g/mol. The quantitative estimate of drug-likeness (QED) is 0.409. The van der Waals surface area contributed by atoms with E-state index in [9.17, 15) is 8.42 Å². The van der Waals surface area contributed by atoms with Crippen molar-refractivity contribution in [2.24, 2.45) is 11.3 Å². The molecule has 4 aromatic rings. The number of hydrogen-bond acceptors (Lipinski definition) is 2. The van der Waals surface area contributed by atoms with Crippen LogP contribution in [0.25, 0.3) is 10.9 Å². The zero-order valence-corrected chi connectivity index (χ0v) is 19.0. The Bertz CT molecular complexity index is 1390. The largest absolute Gasteiger partial charge is 0.361 e. The third-order valence-corrected chi connectivity index (χ3v) is 10.1. The van der Waals surface area contributed by atoms with Crippen molar-refractivity contribution in [3.05, 3.63) is 102 Å². The second-order valence-corrected chi connectivity index (χ2v) is 11.9. The van der Waals surface area contributed by atoms with Crippen LogP contribution >= 0.6 is 0 Å². The number of sulfone groups is 1. The molecule has 0 spiro atoms. The molecule has 1 heterocycles. The Morgan fingerprint density at radius 1 is 0.938 bits per heavy atom. The van der Waals surface area contributed by atoms with Crippen LogP contribution in [0, 0.1) is 18.3 Å². The second kappa shape index (κ2) is 7.08. The van der Waals surface area contributed by atoms with Crippen LogP contribution in [0.4, 0.5) is 0 Å². The number of aromatic amines is 1. The maximum absolute atomic E-state index is 13.5. The van der Waals surface area contributed by atoms with Gasteiger partial charge in [0.25, 0.3) is 0 Å². The van der Waals surface area contributed by atoms with Crippen molar-refractivity contribution in [2.75, 3.05) is 0 Å². The smallest absolute Gasteiger partial charge is 0.181 e. The number of para-hydroxylation sites is 1. The van der Waals surface area contributed by atoms with Gasteiger partial charge in [0.15, 0.2) is 9.84 Å². The van der Waals surface area contributed by atoms with E-state index in [1.807, 2.05) is 25.1 Å². The van der Waals surface area contributed by atoms with Gasteiger partial charge in [0.05, 0.1) is 10.1 Å². The number of fused-ring (bicyclic) bond motifs is 2. The zero-order chi connectivity index (χ0) is 21.9. The average Bonchev–Trinajstić information content (AvgIpc) is 3.08. The predicted octanol–water partition coefficient (Wildman–Crippen LogP) is 6.06. The SMILES string of the molecule is Cc1ccc(S(=O)(=O)C2C[C@H]3[C@H](c4ccccc4)[C@@]3(Cc3c[nH]c4ccccc34)C2)cc1. The van der Waals surface area contributed by atoms with Crippen LogP contribution in [-0.4, -0.2) is 18.7 Å². The van der Waals surface area contributed by atoms with E-state index in [2.05, 4.69) is 59.7 Å². The van der Waals surface area contributed by atoms with Gasteiger partial charge in [-0.15, -0.1) is 0 Å². The second-order valence-electron chi connectivity index (χ2n) is 9.68. The molecule has 6 rings (SSSR count). The molecule has 0 amide bonds. The van der Waals surface area contributed by atoms with Gasteiger partial charge in [-0.2, -0.15) is 0 Å². The van der Waals surface area contributed by atoms with Gasteiger partial charge in [-0.1, -0.05) is 66.2 Å². The van der Waals surface area contributed by atoms with Crippen LogP contribution in [0.1, 0.15) is 35.4 Å². The van der Waals surface area contributed by atoms with Crippen LogP contribution in [0.5, 0.6) is 0 Å². The first-order valence-corrected chi connectivity index (χ1v) is 12.9. The molecule has 2 aliphatic carbocycles. The number of hydrogen-bond donors (Lipinski definition) is 1. The Kier molecular flexibility index (Phi) is 4.38. The summed E-state index contributed by atoms with van der Waals surface area (Å²) >= 11 is 0. The molecule has 1 unspecified atom stereocenters. The van der Waals surface area contributed by atoms with Gasteiger partial charge in [-0.05, 0) is 72.8 Å². The molecular formula is C28H27NO2S. The normalized spacial score (nSPS) is 26.8. The van der Waals surface area contributed by atoms with E-state index in [0.717, 1.165) is 30.3 Å². The van der Waals surface area contributed by atoms with Crippen molar-refractivity contribution in [2.45, 2.75) is 42.2 Å². The molecule has 4 heteroatoms. The van der Waals surface area contributed by atoms with Crippen molar-refractivity contribution in [3.8, 4) is 0 Å². The number of nitrogens with one attached hydrogen (secondary N) is 1. The third-order valence-electron chi connectivity index (χ3n) is 7.92. The molecule has 3 nitrogen and oxygen atoms in total. The highest BCUT2D eigenvalue weighted by atomic mass is 32.2. The lowest BCUT2D eigenvalue weighted by Crippen LogP contribution is -2.23. The Morgan fingerprint density at radius 3 is 2.44 bits per heavy atom. The molecule has 32 heavy (non-hydrogen) atoms. The van der Waals surface area contributed by atoms with Gasteiger partial charge in [0, 0.05) is 17.1 Å². The van der Waals surface area contributed by atoms with E-state index in [4.69, 9.17) is 0 Å². The zero-order valence-electron chi connectivity index (χ0n) is 18.2. The monoisotopic (exact) mass is 441 g/mol. The Balaban J connectivity index is 1.36. The minimum atomic E-state index is -3.33. The van der Waals surface area contributed by atoms with E-state index in [0.29, 0.717) is 16.7 Å². The minimum Gasteiger partial charge on any atom is -0.361 e. The molecule has 0 bridgehead atoms. The van der Waals surface area contributed by atoms with Gasteiger partial charge in [-0.3, -0.25) is 0 Å². The van der Waals surface area contributed by atoms with E-state index in [1.54, 1.807) is 12.1 Å². The first-order chi connectivity index (χ1) is 15.5. The fourth-order valence-corrected chi connectivity index (χ4v) is 8.23. The predicted molar refractivity (Wildman–Crippen MR) is 128 cm³/mol. The summed E-state index contributed by atoms with van der Waals surface area (Å²) in [5.41, 5.74) is 4.89. The minimum absolute atomic E-state index is 0.00868. The maximum Gasteiger partial charge on any atom is 0.181 e. The topological polar surface area (TPSA) is 49.9 Å². The van der Waals surface area contributed by atoms with E-state index in [1.165, 1.54) is 16.5 Å². The Morgan fingerprint density at radius 2 is 1.66 bits per heavy atom. The molecule has 1 aromatic heterocycles. The van der Waals surface area contributed by atoms with E-state index < -0.39 is 9.84 Å². The number of aryl methyl sites for hydroxylation is 1. The van der Waals surface area contributed by atoms with Crippen molar-refractivity contribution in [1.82, 2.24) is 4.98 Å². The standard InChI is InChI=1S/C28H27NO2S/c1-19-11-13-22(14-12-19)32(30,31)23-15-25-27(20-7-3-2-4-8-20)28(25,17-23)16-21-18-29-26-10-6-5-9-24(21)26/h2-14,18,23,25,27,29H,15-17H2,1H3/t23?,25-,27-,28-/m0/s1. The molecule has 0 radical (unpaired) electrons.